The van der Waals surface area contributed by atoms with Crippen LogP contribution >= 0.6 is 0 Å². The number of likely N-dealkylation sites (tertiary alicyclic amines) is 1. The summed E-state index contributed by atoms with van der Waals surface area (Å²) in [5.74, 6) is 1.11. The molecule has 0 saturated carbocycles. The van der Waals surface area contributed by atoms with Crippen molar-refractivity contribution in [2.24, 2.45) is 0 Å². The van der Waals surface area contributed by atoms with Gasteiger partial charge in [0.15, 0.2) is 0 Å². The van der Waals surface area contributed by atoms with Gasteiger partial charge < -0.3 is 19.7 Å². The second-order valence-corrected chi connectivity index (χ2v) is 9.53. The van der Waals surface area contributed by atoms with E-state index in [-0.39, 0.29) is 17.4 Å². The van der Waals surface area contributed by atoms with Gasteiger partial charge in [-0.1, -0.05) is 0 Å². The first-order valence-corrected chi connectivity index (χ1v) is 12.0. The number of carbonyl (C=O) groups is 1. The van der Waals surface area contributed by atoms with Gasteiger partial charge in [0.05, 0.1) is 11.3 Å². The maximum absolute atomic E-state index is 13.0. The zero-order valence-electron chi connectivity index (χ0n) is 19.0. The topological polar surface area (TPSA) is 72.5 Å². The maximum atomic E-state index is 13.0. The molecule has 3 aliphatic rings. The summed E-state index contributed by atoms with van der Waals surface area (Å²) < 4.78 is 0. The minimum atomic E-state index is 0.00357. The van der Waals surface area contributed by atoms with Gasteiger partial charge in [-0.25, -0.2) is 4.98 Å². The van der Waals surface area contributed by atoms with Crippen molar-refractivity contribution in [2.45, 2.75) is 51.0 Å². The van der Waals surface area contributed by atoms with E-state index in [1.165, 1.54) is 24.9 Å². The van der Waals surface area contributed by atoms with Gasteiger partial charge in [0, 0.05) is 62.9 Å². The van der Waals surface area contributed by atoms with E-state index >= 15 is 0 Å². The number of amides is 1. The average molecular weight is 436 g/mol. The molecule has 2 fully saturated rings. The van der Waals surface area contributed by atoms with Crippen molar-refractivity contribution in [1.29, 1.82) is 0 Å². The van der Waals surface area contributed by atoms with E-state index in [1.807, 2.05) is 24.1 Å². The molecule has 0 bridgehead atoms. The first-order valence-electron chi connectivity index (χ1n) is 12.0. The Bertz CT molecular complexity index is 1020. The predicted molar refractivity (Wildman–Crippen MR) is 125 cm³/mol. The fraction of sp³-hybridized carbons (Fsp3) is 0.560. The lowest BCUT2D eigenvalue weighted by molar-refractivity contribution is 0.0711. The largest absolute Gasteiger partial charge is 0.372 e. The van der Waals surface area contributed by atoms with Gasteiger partial charge in [-0.05, 0) is 63.4 Å². The number of aromatic amines is 1. The molecule has 4 heterocycles. The number of hydrogen-bond acceptors (Lipinski definition) is 5. The Morgan fingerprint density at radius 2 is 1.72 bits per heavy atom. The van der Waals surface area contributed by atoms with E-state index in [0.29, 0.717) is 19.6 Å². The lowest BCUT2D eigenvalue weighted by atomic mass is 9.94. The smallest absolute Gasteiger partial charge is 0.255 e. The highest BCUT2D eigenvalue weighted by Crippen LogP contribution is 2.27. The van der Waals surface area contributed by atoms with Crippen molar-refractivity contribution < 1.29 is 4.79 Å². The number of fused-ring (bicyclic) bond motifs is 1. The average Bonchev–Trinajstić information content (AvgIpc) is 2.85. The molecule has 2 saturated heterocycles. The Morgan fingerprint density at radius 3 is 2.44 bits per heavy atom. The fourth-order valence-corrected chi connectivity index (χ4v) is 5.28. The van der Waals surface area contributed by atoms with Gasteiger partial charge in [0.1, 0.15) is 5.82 Å². The highest BCUT2D eigenvalue weighted by atomic mass is 16.2. The van der Waals surface area contributed by atoms with Gasteiger partial charge in [-0.2, -0.15) is 0 Å². The molecule has 3 aliphatic heterocycles. The molecule has 1 N–H and O–H groups in total. The molecule has 1 amide bonds. The molecule has 32 heavy (non-hydrogen) atoms. The number of anilines is 1. The zero-order valence-corrected chi connectivity index (χ0v) is 19.0. The summed E-state index contributed by atoms with van der Waals surface area (Å²) >= 11 is 0. The van der Waals surface area contributed by atoms with Gasteiger partial charge in [0.2, 0.25) is 0 Å². The third kappa shape index (κ3) is 4.31. The van der Waals surface area contributed by atoms with Gasteiger partial charge >= 0.3 is 0 Å². The molecule has 7 heteroatoms. The summed E-state index contributed by atoms with van der Waals surface area (Å²) in [6.07, 6.45) is 6.30. The number of piperidine rings is 2. The summed E-state index contributed by atoms with van der Waals surface area (Å²) in [6.45, 7) is 5.21. The molecular formula is C25H33N5O2. The van der Waals surface area contributed by atoms with Crippen LogP contribution < -0.4 is 10.5 Å². The van der Waals surface area contributed by atoms with Crippen molar-refractivity contribution in [3.63, 3.8) is 0 Å². The van der Waals surface area contributed by atoms with E-state index in [1.54, 1.807) is 0 Å². The van der Waals surface area contributed by atoms with Crippen LogP contribution in [0.15, 0.2) is 29.1 Å². The normalized spacial score (nSPS) is 20.3. The standard InChI is InChI=1S/C25H33N5O2/c1-28-14-11-22-21(17-28)24(31)27-23(26-22)18-9-15-30(16-10-18)25(32)19-5-7-20(8-6-19)29-12-3-2-4-13-29/h5-8,18H,2-4,9-17H2,1H3,(H,26,27,31). The number of benzene rings is 1. The van der Waals surface area contributed by atoms with Crippen molar-refractivity contribution in [1.82, 2.24) is 19.8 Å². The minimum Gasteiger partial charge on any atom is -0.372 e. The Hall–Kier alpha value is -2.67. The molecule has 0 atom stereocenters. The molecular weight excluding hydrogens is 402 g/mol. The van der Waals surface area contributed by atoms with Crippen LogP contribution in [0.25, 0.3) is 0 Å². The Morgan fingerprint density at radius 1 is 1.00 bits per heavy atom. The van der Waals surface area contributed by atoms with Crippen LogP contribution in [0, 0.1) is 0 Å². The van der Waals surface area contributed by atoms with Crippen LogP contribution in [-0.2, 0) is 13.0 Å². The van der Waals surface area contributed by atoms with Crippen LogP contribution in [0.4, 0.5) is 5.69 Å². The van der Waals surface area contributed by atoms with E-state index < -0.39 is 0 Å². The van der Waals surface area contributed by atoms with Gasteiger partial charge in [-0.3, -0.25) is 9.59 Å². The van der Waals surface area contributed by atoms with Crippen LogP contribution in [0.3, 0.4) is 0 Å². The minimum absolute atomic E-state index is 0.00357. The lowest BCUT2D eigenvalue weighted by Gasteiger charge is -2.32. The fourth-order valence-electron chi connectivity index (χ4n) is 5.28. The number of nitrogens with zero attached hydrogens (tertiary/aromatic N) is 4. The number of H-pyrrole nitrogens is 1. The maximum Gasteiger partial charge on any atom is 0.255 e. The van der Waals surface area contributed by atoms with Crippen LogP contribution in [0.1, 0.15) is 65.5 Å². The first-order chi connectivity index (χ1) is 15.6. The molecule has 0 aliphatic carbocycles. The molecule has 2 aromatic rings. The monoisotopic (exact) mass is 435 g/mol. The van der Waals surface area contributed by atoms with Crippen molar-refractivity contribution in [3.8, 4) is 0 Å². The molecule has 0 spiro atoms. The molecule has 170 valence electrons. The molecule has 0 radical (unpaired) electrons. The van der Waals surface area contributed by atoms with Gasteiger partial charge in [-0.15, -0.1) is 0 Å². The number of rotatable bonds is 3. The Kier molecular flexibility index (Phi) is 6.00. The third-order valence-corrected chi connectivity index (χ3v) is 7.28. The van der Waals surface area contributed by atoms with Gasteiger partial charge in [0.25, 0.3) is 11.5 Å². The van der Waals surface area contributed by atoms with E-state index in [2.05, 4.69) is 26.9 Å². The van der Waals surface area contributed by atoms with E-state index in [9.17, 15) is 9.59 Å². The van der Waals surface area contributed by atoms with E-state index in [4.69, 9.17) is 4.98 Å². The quantitative estimate of drug-likeness (QED) is 0.803. The number of aromatic nitrogens is 2. The third-order valence-electron chi connectivity index (χ3n) is 7.28. The SMILES string of the molecule is CN1CCc2nc(C3CCN(C(=O)c4ccc(N5CCCCC5)cc4)CC3)[nH]c(=O)c2C1. The van der Waals surface area contributed by atoms with Crippen molar-refractivity contribution in [3.05, 3.63) is 57.3 Å². The Balaban J connectivity index is 1.21. The molecule has 7 nitrogen and oxygen atoms in total. The van der Waals surface area contributed by atoms with Crippen molar-refractivity contribution >= 4 is 11.6 Å². The summed E-state index contributed by atoms with van der Waals surface area (Å²) in [7, 11) is 2.03. The molecule has 1 aromatic heterocycles. The van der Waals surface area contributed by atoms with Crippen LogP contribution in [0.2, 0.25) is 0 Å². The summed E-state index contributed by atoms with van der Waals surface area (Å²) in [5.41, 5.74) is 3.74. The van der Waals surface area contributed by atoms with Crippen LogP contribution in [-0.4, -0.2) is 65.4 Å². The number of hydrogen-bond donors (Lipinski definition) is 1. The number of nitrogens with one attached hydrogen (secondary N) is 1. The molecule has 5 rings (SSSR count). The summed E-state index contributed by atoms with van der Waals surface area (Å²) in [5, 5.41) is 0. The summed E-state index contributed by atoms with van der Waals surface area (Å²) in [6, 6.07) is 8.12. The number of likely N-dealkylation sites (N-methyl/N-ethyl adjacent to an activating group) is 1. The second-order valence-electron chi connectivity index (χ2n) is 9.53. The molecule has 0 unspecified atom stereocenters. The zero-order chi connectivity index (χ0) is 22.1. The highest BCUT2D eigenvalue weighted by Gasteiger charge is 2.28. The first kappa shape index (κ1) is 21.2. The number of carbonyl (C=O) groups excluding carboxylic acids is 1. The lowest BCUT2D eigenvalue weighted by Crippen LogP contribution is -2.39. The molecule has 1 aromatic carbocycles. The van der Waals surface area contributed by atoms with E-state index in [0.717, 1.165) is 61.5 Å². The van der Waals surface area contributed by atoms with Crippen molar-refractivity contribution in [2.75, 3.05) is 44.7 Å². The highest BCUT2D eigenvalue weighted by molar-refractivity contribution is 5.94. The van der Waals surface area contributed by atoms with Crippen LogP contribution in [0.5, 0.6) is 0 Å². The Labute approximate surface area is 189 Å². The second kappa shape index (κ2) is 9.06. The predicted octanol–water partition coefficient (Wildman–Crippen LogP) is 2.77. The summed E-state index contributed by atoms with van der Waals surface area (Å²) in [4.78, 5) is 40.0.